The van der Waals surface area contributed by atoms with Crippen LogP contribution < -0.4 is 5.73 Å². The molecule has 0 saturated carbocycles. The monoisotopic (exact) mass is 241 g/mol. The van der Waals surface area contributed by atoms with E-state index in [9.17, 15) is 17.6 Å². The molecule has 0 spiro atoms. The number of anilines is 1. The van der Waals surface area contributed by atoms with Gasteiger partial charge < -0.3 is 5.73 Å². The SMILES string of the molecule is Nc1cc(F)c(-c2ccc(F)cc2F)cc1F. The minimum atomic E-state index is -0.965. The zero-order valence-electron chi connectivity index (χ0n) is 8.48. The van der Waals surface area contributed by atoms with Crippen LogP contribution in [0.25, 0.3) is 11.1 Å². The summed E-state index contributed by atoms with van der Waals surface area (Å²) >= 11 is 0. The fraction of sp³-hybridized carbons (Fsp3) is 0. The standard InChI is InChI=1S/C12H7F4N/c13-6-1-2-7(9(14)3-6)8-4-11(16)12(17)5-10(8)15/h1-5H,17H2. The Morgan fingerprint density at radius 1 is 0.706 bits per heavy atom. The largest absolute Gasteiger partial charge is 0.396 e. The molecular formula is C12H7F4N. The van der Waals surface area contributed by atoms with Crippen LogP contribution >= 0.6 is 0 Å². The maximum atomic E-state index is 13.5. The van der Waals surface area contributed by atoms with Gasteiger partial charge in [0.1, 0.15) is 23.3 Å². The quantitative estimate of drug-likeness (QED) is 0.600. The molecule has 2 N–H and O–H groups in total. The van der Waals surface area contributed by atoms with E-state index in [0.29, 0.717) is 6.07 Å². The first-order valence-electron chi connectivity index (χ1n) is 4.69. The van der Waals surface area contributed by atoms with Crippen LogP contribution in [-0.2, 0) is 0 Å². The van der Waals surface area contributed by atoms with Crippen molar-refractivity contribution in [3.8, 4) is 11.1 Å². The van der Waals surface area contributed by atoms with E-state index in [0.717, 1.165) is 24.3 Å². The zero-order valence-corrected chi connectivity index (χ0v) is 8.48. The fourth-order valence-corrected chi connectivity index (χ4v) is 1.48. The molecule has 0 saturated heterocycles. The molecule has 0 unspecified atom stereocenters. The predicted molar refractivity (Wildman–Crippen MR) is 56.1 cm³/mol. The van der Waals surface area contributed by atoms with Gasteiger partial charge in [-0.1, -0.05) is 0 Å². The molecule has 0 heterocycles. The summed E-state index contributed by atoms with van der Waals surface area (Å²) in [5.74, 6) is -3.48. The zero-order chi connectivity index (χ0) is 12.6. The van der Waals surface area contributed by atoms with E-state index < -0.39 is 23.3 Å². The highest BCUT2D eigenvalue weighted by molar-refractivity contribution is 5.67. The number of benzene rings is 2. The first-order valence-corrected chi connectivity index (χ1v) is 4.69. The molecule has 1 nitrogen and oxygen atoms in total. The van der Waals surface area contributed by atoms with Crippen molar-refractivity contribution < 1.29 is 17.6 Å². The van der Waals surface area contributed by atoms with Gasteiger partial charge in [-0.2, -0.15) is 0 Å². The summed E-state index contributed by atoms with van der Waals surface area (Å²) in [6, 6.07) is 4.14. The van der Waals surface area contributed by atoms with Crippen molar-refractivity contribution in [3.63, 3.8) is 0 Å². The summed E-state index contributed by atoms with van der Waals surface area (Å²) in [6.07, 6.45) is 0. The second kappa shape index (κ2) is 4.08. The molecule has 2 rings (SSSR count). The Morgan fingerprint density at radius 3 is 2.00 bits per heavy atom. The topological polar surface area (TPSA) is 26.0 Å². The number of hydrogen-bond acceptors (Lipinski definition) is 1. The fourth-order valence-electron chi connectivity index (χ4n) is 1.48. The van der Waals surface area contributed by atoms with Crippen LogP contribution in [0.3, 0.4) is 0 Å². The highest BCUT2D eigenvalue weighted by Gasteiger charge is 2.13. The molecule has 0 aromatic heterocycles. The highest BCUT2D eigenvalue weighted by Crippen LogP contribution is 2.28. The number of hydrogen-bond donors (Lipinski definition) is 1. The molecule has 5 heteroatoms. The van der Waals surface area contributed by atoms with E-state index >= 15 is 0 Å². The van der Waals surface area contributed by atoms with E-state index in [4.69, 9.17) is 5.73 Å². The third-order valence-corrected chi connectivity index (χ3v) is 2.31. The average molecular weight is 241 g/mol. The lowest BCUT2D eigenvalue weighted by Gasteiger charge is -2.07. The number of nitrogens with two attached hydrogens (primary N) is 1. The molecular weight excluding hydrogens is 234 g/mol. The normalized spacial score (nSPS) is 10.6. The Kier molecular flexibility index (Phi) is 2.75. The maximum absolute atomic E-state index is 13.5. The van der Waals surface area contributed by atoms with Gasteiger partial charge in [0.2, 0.25) is 0 Å². The lowest BCUT2D eigenvalue weighted by atomic mass is 10.0. The summed E-state index contributed by atoms with van der Waals surface area (Å²) in [5.41, 5.74) is 4.28. The van der Waals surface area contributed by atoms with Crippen molar-refractivity contribution in [1.29, 1.82) is 0 Å². The van der Waals surface area contributed by atoms with Crippen molar-refractivity contribution in [2.24, 2.45) is 0 Å². The lowest BCUT2D eigenvalue weighted by molar-refractivity contribution is 0.581. The van der Waals surface area contributed by atoms with E-state index in [2.05, 4.69) is 0 Å². The van der Waals surface area contributed by atoms with Gasteiger partial charge in [0.05, 0.1) is 5.69 Å². The van der Waals surface area contributed by atoms with E-state index in [1.807, 2.05) is 0 Å². The molecule has 0 aliphatic carbocycles. The summed E-state index contributed by atoms with van der Waals surface area (Å²) in [6.45, 7) is 0. The predicted octanol–water partition coefficient (Wildman–Crippen LogP) is 3.49. The number of rotatable bonds is 1. The Morgan fingerprint density at radius 2 is 1.35 bits per heavy atom. The van der Waals surface area contributed by atoms with E-state index in [1.54, 1.807) is 0 Å². The summed E-state index contributed by atoms with van der Waals surface area (Å²) in [7, 11) is 0. The van der Waals surface area contributed by atoms with Gasteiger partial charge in [-0.25, -0.2) is 17.6 Å². The molecule has 0 amide bonds. The molecule has 0 aliphatic heterocycles. The van der Waals surface area contributed by atoms with Gasteiger partial charge in [0.15, 0.2) is 0 Å². The number of halogens is 4. The molecule has 17 heavy (non-hydrogen) atoms. The molecule has 2 aromatic carbocycles. The first kappa shape index (κ1) is 11.4. The van der Waals surface area contributed by atoms with Crippen LogP contribution in [0.2, 0.25) is 0 Å². The molecule has 0 fully saturated rings. The van der Waals surface area contributed by atoms with Crippen LogP contribution in [0, 0.1) is 23.3 Å². The average Bonchev–Trinajstić information content (AvgIpc) is 2.24. The van der Waals surface area contributed by atoms with Crippen LogP contribution in [0.15, 0.2) is 30.3 Å². The minimum absolute atomic E-state index is 0.220. The Balaban J connectivity index is 2.64. The molecule has 0 atom stereocenters. The van der Waals surface area contributed by atoms with Gasteiger partial charge in [-0.3, -0.25) is 0 Å². The van der Waals surface area contributed by atoms with Crippen molar-refractivity contribution in [3.05, 3.63) is 53.6 Å². The molecule has 0 bridgehead atoms. The summed E-state index contributed by atoms with van der Waals surface area (Å²) in [4.78, 5) is 0. The summed E-state index contributed by atoms with van der Waals surface area (Å²) < 4.78 is 52.7. The van der Waals surface area contributed by atoms with Crippen LogP contribution in [0.1, 0.15) is 0 Å². The molecule has 2 aromatic rings. The van der Waals surface area contributed by atoms with E-state index in [1.165, 1.54) is 0 Å². The van der Waals surface area contributed by atoms with Gasteiger partial charge in [0, 0.05) is 23.3 Å². The second-order valence-electron chi connectivity index (χ2n) is 3.48. The Bertz CT molecular complexity index is 581. The van der Waals surface area contributed by atoms with Crippen LogP contribution in [0.4, 0.5) is 23.2 Å². The van der Waals surface area contributed by atoms with Crippen molar-refractivity contribution in [2.45, 2.75) is 0 Å². The van der Waals surface area contributed by atoms with Crippen LogP contribution in [0.5, 0.6) is 0 Å². The Labute approximate surface area is 94.5 Å². The van der Waals surface area contributed by atoms with Gasteiger partial charge in [-0.05, 0) is 18.2 Å². The third-order valence-electron chi connectivity index (χ3n) is 2.31. The van der Waals surface area contributed by atoms with Crippen molar-refractivity contribution >= 4 is 5.69 Å². The highest BCUT2D eigenvalue weighted by atomic mass is 19.1. The third kappa shape index (κ3) is 2.08. The summed E-state index contributed by atoms with van der Waals surface area (Å²) in [5, 5.41) is 0. The second-order valence-corrected chi connectivity index (χ2v) is 3.48. The molecule has 88 valence electrons. The number of nitrogen functional groups attached to an aromatic ring is 1. The Hall–Kier alpha value is -2.04. The molecule has 0 radical (unpaired) electrons. The van der Waals surface area contributed by atoms with Crippen LogP contribution in [-0.4, -0.2) is 0 Å². The molecule has 0 aliphatic rings. The minimum Gasteiger partial charge on any atom is -0.396 e. The van der Waals surface area contributed by atoms with Crippen molar-refractivity contribution in [2.75, 3.05) is 5.73 Å². The van der Waals surface area contributed by atoms with Gasteiger partial charge in [0.25, 0.3) is 0 Å². The lowest BCUT2D eigenvalue weighted by Crippen LogP contribution is -1.96. The first-order chi connectivity index (χ1) is 7.99. The smallest absolute Gasteiger partial charge is 0.146 e. The maximum Gasteiger partial charge on any atom is 0.146 e. The van der Waals surface area contributed by atoms with E-state index in [-0.39, 0.29) is 16.8 Å². The van der Waals surface area contributed by atoms with Gasteiger partial charge in [-0.15, -0.1) is 0 Å². The van der Waals surface area contributed by atoms with Gasteiger partial charge >= 0.3 is 0 Å². The van der Waals surface area contributed by atoms with Crippen molar-refractivity contribution in [1.82, 2.24) is 0 Å².